The Kier molecular flexibility index (Phi) is 5.95. The fourth-order valence-corrected chi connectivity index (χ4v) is 2.49. The molecule has 1 aliphatic rings. The molecule has 1 radical (unpaired) electrons. The number of nitrogens with zero attached hydrogens (tertiary/aromatic N) is 2. The Balaban J connectivity index is 1.72. The summed E-state index contributed by atoms with van der Waals surface area (Å²) in [5.74, 6) is -0.646. The van der Waals surface area contributed by atoms with E-state index in [4.69, 9.17) is 5.73 Å². The average molecular weight is 302 g/mol. The standard InChI is InChI=1S/C17H24N3O2/c1-14(17(18)22)7-8-16(21)20-11-9-19(10-12-20)13-15-5-3-2-4-6-15/h2-6,8,14H,7,9-13H2,1H3,(H2,18,22)/t14-/m0/s1. The van der Waals surface area contributed by atoms with Gasteiger partial charge in [-0.3, -0.25) is 14.5 Å². The Morgan fingerprint density at radius 2 is 1.82 bits per heavy atom. The number of nitrogens with two attached hydrogens (primary N) is 1. The number of benzene rings is 1. The first kappa shape index (κ1) is 16.5. The lowest BCUT2D eigenvalue weighted by atomic mass is 10.0. The van der Waals surface area contributed by atoms with E-state index in [1.54, 1.807) is 13.3 Å². The highest BCUT2D eigenvalue weighted by molar-refractivity contribution is 5.86. The van der Waals surface area contributed by atoms with Crippen molar-refractivity contribution in [3.63, 3.8) is 0 Å². The topological polar surface area (TPSA) is 66.6 Å². The van der Waals surface area contributed by atoms with Crippen LogP contribution in [0.1, 0.15) is 18.9 Å². The lowest BCUT2D eigenvalue weighted by Crippen LogP contribution is -2.48. The summed E-state index contributed by atoms with van der Waals surface area (Å²) in [5.41, 5.74) is 6.50. The van der Waals surface area contributed by atoms with Crippen LogP contribution < -0.4 is 5.73 Å². The SMILES string of the molecule is C[C@@H](C[CH]C(=O)N1CCN(Cc2ccccc2)CC1)C(N)=O. The molecule has 1 aliphatic heterocycles. The van der Waals surface area contributed by atoms with Crippen LogP contribution >= 0.6 is 0 Å². The van der Waals surface area contributed by atoms with Gasteiger partial charge < -0.3 is 10.6 Å². The quantitative estimate of drug-likeness (QED) is 0.854. The first-order chi connectivity index (χ1) is 10.6. The van der Waals surface area contributed by atoms with Crippen LogP contribution in [0.25, 0.3) is 0 Å². The van der Waals surface area contributed by atoms with Crippen LogP contribution in [0.2, 0.25) is 0 Å². The van der Waals surface area contributed by atoms with Crippen LogP contribution in [0.5, 0.6) is 0 Å². The largest absolute Gasteiger partial charge is 0.369 e. The molecule has 22 heavy (non-hydrogen) atoms. The minimum absolute atomic E-state index is 0.00691. The van der Waals surface area contributed by atoms with Gasteiger partial charge in [-0.1, -0.05) is 37.3 Å². The van der Waals surface area contributed by atoms with Crippen molar-refractivity contribution in [1.29, 1.82) is 0 Å². The molecule has 0 bridgehead atoms. The zero-order valence-electron chi connectivity index (χ0n) is 13.1. The van der Waals surface area contributed by atoms with Gasteiger partial charge in [0.2, 0.25) is 11.8 Å². The second-order valence-electron chi connectivity index (χ2n) is 5.83. The Hall–Kier alpha value is -1.88. The van der Waals surface area contributed by atoms with Gasteiger partial charge in [0.15, 0.2) is 0 Å². The van der Waals surface area contributed by atoms with Crippen LogP contribution in [-0.2, 0) is 16.1 Å². The minimum atomic E-state index is -0.364. The van der Waals surface area contributed by atoms with Crippen LogP contribution in [0.15, 0.2) is 30.3 Å². The number of hydrogen-bond acceptors (Lipinski definition) is 3. The van der Waals surface area contributed by atoms with Gasteiger partial charge >= 0.3 is 0 Å². The maximum atomic E-state index is 12.1. The third kappa shape index (κ3) is 4.84. The van der Waals surface area contributed by atoms with E-state index in [0.717, 1.165) is 32.7 Å². The highest BCUT2D eigenvalue weighted by Crippen LogP contribution is 2.11. The number of primary amides is 1. The molecule has 5 nitrogen and oxygen atoms in total. The molecule has 2 amide bonds. The van der Waals surface area contributed by atoms with Crippen LogP contribution in [0.4, 0.5) is 0 Å². The summed E-state index contributed by atoms with van der Waals surface area (Å²) < 4.78 is 0. The molecule has 2 N–H and O–H groups in total. The molecule has 1 saturated heterocycles. The maximum Gasteiger partial charge on any atom is 0.226 e. The second kappa shape index (κ2) is 7.94. The van der Waals surface area contributed by atoms with E-state index in [0.29, 0.717) is 6.42 Å². The third-order valence-electron chi connectivity index (χ3n) is 4.06. The van der Waals surface area contributed by atoms with E-state index < -0.39 is 0 Å². The van der Waals surface area contributed by atoms with Crippen LogP contribution in [0, 0.1) is 12.3 Å². The molecule has 0 aromatic heterocycles. The maximum absolute atomic E-state index is 12.1. The third-order valence-corrected chi connectivity index (χ3v) is 4.06. The number of amides is 2. The van der Waals surface area contributed by atoms with Crippen molar-refractivity contribution in [1.82, 2.24) is 9.80 Å². The molecule has 119 valence electrons. The highest BCUT2D eigenvalue weighted by Gasteiger charge is 2.22. The summed E-state index contributed by atoms with van der Waals surface area (Å²) in [4.78, 5) is 27.3. The van der Waals surface area contributed by atoms with Crippen molar-refractivity contribution in [3.8, 4) is 0 Å². The Labute approximate surface area is 132 Å². The van der Waals surface area contributed by atoms with Crippen LogP contribution in [-0.4, -0.2) is 47.8 Å². The summed E-state index contributed by atoms with van der Waals surface area (Å²) in [7, 11) is 0. The number of carbonyl (C=O) groups excluding carboxylic acids is 2. The van der Waals surface area contributed by atoms with Gasteiger partial charge in [-0.05, 0) is 12.0 Å². The van der Waals surface area contributed by atoms with E-state index in [2.05, 4.69) is 17.0 Å². The molecule has 0 aliphatic carbocycles. The molecule has 5 heteroatoms. The monoisotopic (exact) mass is 302 g/mol. The molecule has 0 saturated carbocycles. The van der Waals surface area contributed by atoms with Crippen molar-refractivity contribution < 1.29 is 9.59 Å². The Morgan fingerprint density at radius 3 is 2.41 bits per heavy atom. The van der Waals surface area contributed by atoms with Gasteiger partial charge in [0.1, 0.15) is 0 Å². The number of piperazine rings is 1. The lowest BCUT2D eigenvalue weighted by Gasteiger charge is -2.34. The molecule has 0 spiro atoms. The molecule has 1 aromatic rings. The predicted molar refractivity (Wildman–Crippen MR) is 85.6 cm³/mol. The summed E-state index contributed by atoms with van der Waals surface area (Å²) >= 11 is 0. The average Bonchev–Trinajstić information content (AvgIpc) is 2.54. The highest BCUT2D eigenvalue weighted by atomic mass is 16.2. The number of carbonyl (C=O) groups is 2. The van der Waals surface area contributed by atoms with Gasteiger partial charge in [0, 0.05) is 38.6 Å². The Bertz CT molecular complexity index is 496. The second-order valence-corrected chi connectivity index (χ2v) is 5.83. The molecule has 1 atom stereocenters. The fourth-order valence-electron chi connectivity index (χ4n) is 2.49. The summed E-state index contributed by atoms with van der Waals surface area (Å²) in [5, 5.41) is 0. The predicted octanol–water partition coefficient (Wildman–Crippen LogP) is 1.05. The normalized spacial score (nSPS) is 17.2. The minimum Gasteiger partial charge on any atom is -0.369 e. The van der Waals surface area contributed by atoms with Crippen molar-refractivity contribution in [3.05, 3.63) is 42.3 Å². The molecular weight excluding hydrogens is 278 g/mol. The first-order valence-electron chi connectivity index (χ1n) is 7.74. The van der Waals surface area contributed by atoms with Crippen molar-refractivity contribution in [2.45, 2.75) is 19.9 Å². The van der Waals surface area contributed by atoms with Crippen molar-refractivity contribution in [2.75, 3.05) is 26.2 Å². The van der Waals surface area contributed by atoms with Crippen molar-refractivity contribution in [2.24, 2.45) is 11.7 Å². The molecule has 2 rings (SSSR count). The molecular formula is C17H24N3O2. The van der Waals surface area contributed by atoms with Gasteiger partial charge in [-0.2, -0.15) is 0 Å². The van der Waals surface area contributed by atoms with E-state index in [1.165, 1.54) is 5.56 Å². The zero-order valence-corrected chi connectivity index (χ0v) is 13.1. The van der Waals surface area contributed by atoms with E-state index in [1.807, 2.05) is 23.1 Å². The van der Waals surface area contributed by atoms with Crippen molar-refractivity contribution >= 4 is 11.8 Å². The van der Waals surface area contributed by atoms with Gasteiger partial charge in [-0.15, -0.1) is 0 Å². The first-order valence-corrected chi connectivity index (χ1v) is 7.74. The smallest absolute Gasteiger partial charge is 0.226 e. The number of rotatable bonds is 6. The van der Waals surface area contributed by atoms with Gasteiger partial charge in [-0.25, -0.2) is 0 Å². The summed E-state index contributed by atoms with van der Waals surface area (Å²) in [6.07, 6.45) is 2.00. The number of hydrogen-bond donors (Lipinski definition) is 1. The summed E-state index contributed by atoms with van der Waals surface area (Å²) in [6.45, 7) is 5.87. The molecule has 1 aromatic carbocycles. The lowest BCUT2D eigenvalue weighted by molar-refractivity contribution is -0.129. The van der Waals surface area contributed by atoms with Gasteiger partial charge in [0.05, 0.1) is 6.42 Å². The van der Waals surface area contributed by atoms with E-state index in [-0.39, 0.29) is 17.7 Å². The molecule has 0 unspecified atom stereocenters. The van der Waals surface area contributed by atoms with E-state index >= 15 is 0 Å². The van der Waals surface area contributed by atoms with Gasteiger partial charge in [0.25, 0.3) is 0 Å². The Morgan fingerprint density at radius 1 is 1.18 bits per heavy atom. The zero-order chi connectivity index (χ0) is 15.9. The fraction of sp³-hybridized carbons (Fsp3) is 0.471. The van der Waals surface area contributed by atoms with Crippen LogP contribution in [0.3, 0.4) is 0 Å². The summed E-state index contributed by atoms with van der Waals surface area (Å²) in [6, 6.07) is 10.4. The molecule has 1 heterocycles. The van der Waals surface area contributed by atoms with E-state index in [9.17, 15) is 9.59 Å². The molecule has 1 fully saturated rings.